The number of carbonyl (C=O) groups excluding carboxylic acids is 2. The van der Waals surface area contributed by atoms with E-state index >= 15 is 0 Å². The number of nitrogens with zero attached hydrogens (tertiary/aromatic N) is 6. The summed E-state index contributed by atoms with van der Waals surface area (Å²) in [6, 6.07) is 14.3. The van der Waals surface area contributed by atoms with Gasteiger partial charge in [-0.1, -0.05) is 37.8 Å². The Labute approximate surface area is 245 Å². The maximum atomic E-state index is 13.6. The van der Waals surface area contributed by atoms with Crippen LogP contribution in [0.3, 0.4) is 0 Å². The van der Waals surface area contributed by atoms with Crippen molar-refractivity contribution in [3.8, 4) is 17.8 Å². The Kier molecular flexibility index (Phi) is 8.83. The molecule has 42 heavy (non-hydrogen) atoms. The van der Waals surface area contributed by atoms with Crippen LogP contribution in [-0.4, -0.2) is 88.1 Å². The average Bonchev–Trinajstić information content (AvgIpc) is 3.47. The van der Waals surface area contributed by atoms with Crippen molar-refractivity contribution < 1.29 is 19.4 Å². The number of carbonyl (C=O) groups is 2. The normalized spacial score (nSPS) is 19.0. The molecule has 11 nitrogen and oxygen atoms in total. The van der Waals surface area contributed by atoms with Crippen LogP contribution in [0.15, 0.2) is 55.1 Å². The van der Waals surface area contributed by atoms with E-state index in [1.54, 1.807) is 17.0 Å². The van der Waals surface area contributed by atoms with Crippen LogP contribution in [0.2, 0.25) is 0 Å². The van der Waals surface area contributed by atoms with Crippen LogP contribution in [0.4, 0.5) is 11.5 Å². The van der Waals surface area contributed by atoms with Gasteiger partial charge in [0, 0.05) is 43.2 Å². The number of nitrogens with one attached hydrogen (secondary N) is 1. The van der Waals surface area contributed by atoms with Gasteiger partial charge in [-0.15, -0.1) is 0 Å². The summed E-state index contributed by atoms with van der Waals surface area (Å²) in [5.41, 5.74) is 0.552. The summed E-state index contributed by atoms with van der Waals surface area (Å²) in [5.74, 6) is -0.205. The number of likely N-dealkylation sites (tertiary alicyclic amines) is 1. The SMILES string of the molecule is C=CC(=O)N1CCN(c2cc(C(=O)Nc3cc(O)cc4ccccc34)nc(OC[C@@H]3CCCN3CC)n2)C[C@@H]1CC#N. The van der Waals surface area contributed by atoms with Gasteiger partial charge < -0.3 is 25.0 Å². The first-order valence-corrected chi connectivity index (χ1v) is 14.2. The number of benzene rings is 2. The summed E-state index contributed by atoms with van der Waals surface area (Å²) in [6.07, 6.45) is 3.52. The van der Waals surface area contributed by atoms with Gasteiger partial charge >= 0.3 is 6.01 Å². The Balaban J connectivity index is 1.44. The lowest BCUT2D eigenvalue weighted by molar-refractivity contribution is -0.128. The van der Waals surface area contributed by atoms with Gasteiger partial charge in [0.15, 0.2) is 0 Å². The molecule has 0 aliphatic carbocycles. The van der Waals surface area contributed by atoms with Crippen LogP contribution in [-0.2, 0) is 4.79 Å². The van der Waals surface area contributed by atoms with Crippen molar-refractivity contribution in [3.05, 3.63) is 60.8 Å². The molecule has 11 heteroatoms. The quantitative estimate of drug-likeness (QED) is 0.371. The third kappa shape index (κ3) is 6.29. The Bertz CT molecular complexity index is 1520. The van der Waals surface area contributed by atoms with Crippen LogP contribution in [0.5, 0.6) is 11.8 Å². The van der Waals surface area contributed by atoms with Crippen molar-refractivity contribution in [1.29, 1.82) is 5.26 Å². The van der Waals surface area contributed by atoms with Crippen molar-refractivity contribution in [2.24, 2.45) is 0 Å². The van der Waals surface area contributed by atoms with E-state index in [9.17, 15) is 20.0 Å². The molecule has 0 bridgehead atoms. The molecule has 0 saturated carbocycles. The fourth-order valence-electron chi connectivity index (χ4n) is 5.76. The molecule has 0 radical (unpaired) electrons. The van der Waals surface area contributed by atoms with Crippen LogP contribution in [0.25, 0.3) is 10.8 Å². The highest BCUT2D eigenvalue weighted by Crippen LogP contribution is 2.30. The Morgan fingerprint density at radius 1 is 1.19 bits per heavy atom. The summed E-state index contributed by atoms with van der Waals surface area (Å²) in [4.78, 5) is 41.1. The van der Waals surface area contributed by atoms with Crippen molar-refractivity contribution in [1.82, 2.24) is 19.8 Å². The molecular formula is C31H35N7O4. The van der Waals surface area contributed by atoms with Crippen molar-refractivity contribution in [3.63, 3.8) is 0 Å². The molecule has 2 saturated heterocycles. The maximum Gasteiger partial charge on any atom is 0.319 e. The Morgan fingerprint density at radius 2 is 2.02 bits per heavy atom. The van der Waals surface area contributed by atoms with E-state index in [1.807, 2.05) is 29.2 Å². The highest BCUT2D eigenvalue weighted by Gasteiger charge is 2.31. The van der Waals surface area contributed by atoms with Gasteiger partial charge in [0.2, 0.25) is 5.91 Å². The number of anilines is 2. The third-order valence-corrected chi connectivity index (χ3v) is 7.92. The second-order valence-electron chi connectivity index (χ2n) is 10.5. The standard InChI is InChI=1S/C31H35N7O4/c1-3-29(40)38-15-14-37(19-22(38)11-12-32)28-18-27(34-31(35-28)42-20-23-9-7-13-36(23)4-2)30(41)33-26-17-24(39)16-21-8-5-6-10-25(21)26/h3,5-6,8,10,16-18,22-23,39H,1,4,7,9,11,13-15,19-20H2,2H3,(H,33,41)/t22-,23-/m0/s1. The molecule has 2 aliphatic heterocycles. The first-order chi connectivity index (χ1) is 20.4. The monoisotopic (exact) mass is 569 g/mol. The van der Waals surface area contributed by atoms with Gasteiger partial charge in [0.1, 0.15) is 23.9 Å². The molecule has 2 atom stereocenters. The van der Waals surface area contributed by atoms with Crippen LogP contribution in [0.1, 0.15) is 36.7 Å². The molecule has 0 unspecified atom stereocenters. The first-order valence-electron chi connectivity index (χ1n) is 14.2. The lowest BCUT2D eigenvalue weighted by atomic mass is 10.1. The van der Waals surface area contributed by atoms with Crippen LogP contribution >= 0.6 is 0 Å². The molecule has 2 aromatic carbocycles. The summed E-state index contributed by atoms with van der Waals surface area (Å²) >= 11 is 0. The number of amides is 2. The summed E-state index contributed by atoms with van der Waals surface area (Å²) in [5, 5.41) is 24.1. The zero-order chi connectivity index (χ0) is 29.6. The molecule has 2 amide bonds. The molecule has 218 valence electrons. The zero-order valence-electron chi connectivity index (χ0n) is 23.7. The molecule has 2 N–H and O–H groups in total. The summed E-state index contributed by atoms with van der Waals surface area (Å²) < 4.78 is 6.09. The molecule has 1 aromatic heterocycles. The van der Waals surface area contributed by atoms with E-state index in [-0.39, 0.29) is 41.9 Å². The minimum absolute atomic E-state index is 0.0314. The lowest BCUT2D eigenvalue weighted by Gasteiger charge is -2.40. The molecule has 2 fully saturated rings. The number of ether oxygens (including phenoxy) is 1. The number of nitriles is 1. The van der Waals surface area contributed by atoms with E-state index in [0.717, 1.165) is 36.7 Å². The lowest BCUT2D eigenvalue weighted by Crippen LogP contribution is -2.55. The summed E-state index contributed by atoms with van der Waals surface area (Å²) in [7, 11) is 0. The van der Waals surface area contributed by atoms with E-state index in [2.05, 4.69) is 39.8 Å². The van der Waals surface area contributed by atoms with Gasteiger partial charge in [-0.25, -0.2) is 0 Å². The predicted molar refractivity (Wildman–Crippen MR) is 160 cm³/mol. The van der Waals surface area contributed by atoms with Gasteiger partial charge in [-0.05, 0) is 43.5 Å². The van der Waals surface area contributed by atoms with E-state index in [4.69, 9.17) is 4.74 Å². The fraction of sp³-hybridized carbons (Fsp3) is 0.387. The van der Waals surface area contributed by atoms with Gasteiger partial charge in [-0.2, -0.15) is 15.2 Å². The van der Waals surface area contributed by atoms with Crippen molar-refractivity contribution >= 4 is 34.1 Å². The van der Waals surface area contributed by atoms with Gasteiger partial charge in [-0.3, -0.25) is 14.5 Å². The molecule has 3 aromatic rings. The molecule has 5 rings (SSSR count). The number of fused-ring (bicyclic) bond motifs is 1. The largest absolute Gasteiger partial charge is 0.508 e. The second-order valence-corrected chi connectivity index (χ2v) is 10.5. The third-order valence-electron chi connectivity index (χ3n) is 7.92. The number of phenols is 1. The number of aromatic hydroxyl groups is 1. The number of rotatable bonds is 9. The number of hydrogen-bond donors (Lipinski definition) is 2. The zero-order valence-corrected chi connectivity index (χ0v) is 23.7. The Morgan fingerprint density at radius 3 is 2.81 bits per heavy atom. The van der Waals surface area contributed by atoms with Crippen molar-refractivity contribution in [2.75, 3.05) is 49.5 Å². The molecule has 2 aliphatic rings. The smallest absolute Gasteiger partial charge is 0.319 e. The van der Waals surface area contributed by atoms with Gasteiger partial charge in [0.05, 0.1) is 24.2 Å². The van der Waals surface area contributed by atoms with E-state index < -0.39 is 5.91 Å². The fourth-order valence-corrected chi connectivity index (χ4v) is 5.76. The van der Waals surface area contributed by atoms with E-state index in [0.29, 0.717) is 37.7 Å². The minimum Gasteiger partial charge on any atom is -0.508 e. The summed E-state index contributed by atoms with van der Waals surface area (Å²) in [6.45, 7) is 9.23. The Hall–Kier alpha value is -4.69. The van der Waals surface area contributed by atoms with Crippen LogP contribution in [0, 0.1) is 11.3 Å². The second kappa shape index (κ2) is 12.9. The number of piperazine rings is 1. The number of hydrogen-bond acceptors (Lipinski definition) is 9. The van der Waals surface area contributed by atoms with Crippen LogP contribution < -0.4 is 15.0 Å². The van der Waals surface area contributed by atoms with E-state index in [1.165, 1.54) is 12.1 Å². The number of aromatic nitrogens is 2. The first kappa shape index (κ1) is 28.8. The highest BCUT2D eigenvalue weighted by atomic mass is 16.5. The van der Waals surface area contributed by atoms with Gasteiger partial charge in [0.25, 0.3) is 5.91 Å². The average molecular weight is 570 g/mol. The predicted octanol–water partition coefficient (Wildman–Crippen LogP) is 3.57. The topological polar surface area (TPSA) is 135 Å². The highest BCUT2D eigenvalue weighted by molar-refractivity contribution is 6.09. The number of likely N-dealkylation sites (N-methyl/N-ethyl adjacent to an activating group) is 1. The molecule has 0 spiro atoms. The molecule has 3 heterocycles. The minimum atomic E-state index is -0.482. The maximum absolute atomic E-state index is 13.6. The molecular weight excluding hydrogens is 534 g/mol. The number of phenolic OH excluding ortho intramolecular Hbond substituents is 1. The van der Waals surface area contributed by atoms with Crippen molar-refractivity contribution in [2.45, 2.75) is 38.3 Å².